The van der Waals surface area contributed by atoms with Crippen LogP contribution in [0.3, 0.4) is 0 Å². The van der Waals surface area contributed by atoms with Gasteiger partial charge in [-0.25, -0.2) is 8.42 Å². The Morgan fingerprint density at radius 3 is 2.28 bits per heavy atom. The first-order valence-corrected chi connectivity index (χ1v) is 17.2. The van der Waals surface area contributed by atoms with E-state index in [-0.39, 0.29) is 30.1 Å². The lowest BCUT2D eigenvalue weighted by Crippen LogP contribution is -2.52. The summed E-state index contributed by atoms with van der Waals surface area (Å²) in [4.78, 5) is 29.2. The molecule has 1 aliphatic rings. The van der Waals surface area contributed by atoms with E-state index in [1.807, 2.05) is 56.3 Å². The molecule has 1 N–H and O–H groups in total. The number of nitrogens with one attached hydrogen (secondary N) is 1. The fraction of sp³-hybridized carbons (Fsp3) is 0.412. The van der Waals surface area contributed by atoms with E-state index in [2.05, 4.69) is 5.32 Å². The molecule has 0 spiro atoms. The monoisotopic (exact) mass is 671 g/mol. The van der Waals surface area contributed by atoms with Gasteiger partial charge in [-0.15, -0.1) is 0 Å². The van der Waals surface area contributed by atoms with Crippen molar-refractivity contribution in [2.75, 3.05) is 46.1 Å². The molecular formula is C34H42ClN3O7S. The number of nitrogens with zero attached hydrogens (tertiary/aromatic N) is 2. The Morgan fingerprint density at radius 2 is 1.63 bits per heavy atom. The van der Waals surface area contributed by atoms with Gasteiger partial charge in [-0.2, -0.15) is 4.31 Å². The van der Waals surface area contributed by atoms with Gasteiger partial charge in [0.05, 0.1) is 24.2 Å². The maximum Gasteiger partial charge on any atom is 0.261 e. The van der Waals surface area contributed by atoms with E-state index in [0.29, 0.717) is 63.1 Å². The molecular weight excluding hydrogens is 630 g/mol. The Kier molecular flexibility index (Phi) is 13.4. The average molecular weight is 672 g/mol. The minimum atomic E-state index is -3.67. The molecule has 0 aromatic heterocycles. The lowest BCUT2D eigenvalue weighted by atomic mass is 10.0. The molecule has 3 aromatic carbocycles. The quantitative estimate of drug-likeness (QED) is 0.226. The summed E-state index contributed by atoms with van der Waals surface area (Å²) in [5, 5.41) is 3.55. The molecule has 12 heteroatoms. The van der Waals surface area contributed by atoms with Crippen molar-refractivity contribution < 1.29 is 32.2 Å². The predicted octanol–water partition coefficient (Wildman–Crippen LogP) is 4.31. The average Bonchev–Trinajstić information content (AvgIpc) is 3.06. The van der Waals surface area contributed by atoms with Crippen molar-refractivity contribution in [1.82, 2.24) is 14.5 Å². The summed E-state index contributed by atoms with van der Waals surface area (Å²) in [5.41, 5.74) is 1.70. The Hall–Kier alpha value is -3.48. The number of amides is 2. The molecule has 0 aliphatic carbocycles. The lowest BCUT2D eigenvalue weighted by Gasteiger charge is -2.31. The van der Waals surface area contributed by atoms with Crippen LogP contribution < -0.4 is 10.1 Å². The third-order valence-corrected chi connectivity index (χ3v) is 9.57. The van der Waals surface area contributed by atoms with E-state index in [1.54, 1.807) is 12.1 Å². The van der Waals surface area contributed by atoms with E-state index < -0.39 is 22.0 Å². The molecule has 1 saturated heterocycles. The molecule has 1 aliphatic heterocycles. The van der Waals surface area contributed by atoms with E-state index in [0.717, 1.165) is 11.1 Å². The van der Waals surface area contributed by atoms with Crippen molar-refractivity contribution in [2.45, 2.75) is 50.3 Å². The van der Waals surface area contributed by atoms with Crippen LogP contribution in [0.25, 0.3) is 0 Å². The molecule has 1 heterocycles. The zero-order valence-corrected chi connectivity index (χ0v) is 27.8. The first kappa shape index (κ1) is 35.4. The predicted molar refractivity (Wildman–Crippen MR) is 176 cm³/mol. The van der Waals surface area contributed by atoms with Crippen molar-refractivity contribution in [3.8, 4) is 5.75 Å². The molecule has 4 rings (SSSR count). The summed E-state index contributed by atoms with van der Waals surface area (Å²) in [6.45, 7) is 5.91. The Bertz CT molecular complexity index is 1500. The maximum absolute atomic E-state index is 13.9. The van der Waals surface area contributed by atoms with Gasteiger partial charge in [-0.05, 0) is 67.8 Å². The van der Waals surface area contributed by atoms with Crippen LogP contribution in [-0.4, -0.2) is 87.6 Å². The molecule has 3 aromatic rings. The van der Waals surface area contributed by atoms with Crippen LogP contribution >= 0.6 is 11.6 Å². The summed E-state index contributed by atoms with van der Waals surface area (Å²) in [7, 11) is -3.67. The van der Waals surface area contributed by atoms with Crippen LogP contribution in [0.5, 0.6) is 5.75 Å². The SMILES string of the molecule is CC(C)OCCCNC(=O)C(Cc1ccccc1)N(Cc1ccc(Cl)cc1)C(=O)COc1ccc(S(=O)(=O)N2CCOCC2)cc1. The van der Waals surface area contributed by atoms with Crippen LogP contribution in [0, 0.1) is 0 Å². The Morgan fingerprint density at radius 1 is 0.957 bits per heavy atom. The van der Waals surface area contributed by atoms with Crippen LogP contribution in [0.15, 0.2) is 83.8 Å². The number of sulfonamides is 1. The zero-order valence-electron chi connectivity index (χ0n) is 26.3. The standard InChI is InChI=1S/C34H42ClN3O7S/c1-26(2)44-20-6-17-36-34(40)32(23-27-7-4-3-5-8-27)38(24-28-9-11-29(35)12-10-28)33(39)25-45-30-13-15-31(16-14-30)46(41,42)37-18-21-43-22-19-37/h3-5,7-16,26,32H,6,17-25H2,1-2H3,(H,36,40). The zero-order chi connectivity index (χ0) is 32.9. The third kappa shape index (κ3) is 10.5. The van der Waals surface area contributed by atoms with Crippen molar-refractivity contribution in [2.24, 2.45) is 0 Å². The van der Waals surface area contributed by atoms with Gasteiger partial charge in [0.25, 0.3) is 5.91 Å². The number of benzene rings is 3. The highest BCUT2D eigenvalue weighted by Gasteiger charge is 2.31. The number of hydrogen-bond donors (Lipinski definition) is 1. The highest BCUT2D eigenvalue weighted by atomic mass is 35.5. The van der Waals surface area contributed by atoms with Gasteiger partial charge in [0.2, 0.25) is 15.9 Å². The second kappa shape index (κ2) is 17.4. The van der Waals surface area contributed by atoms with Crippen molar-refractivity contribution in [3.63, 3.8) is 0 Å². The maximum atomic E-state index is 13.9. The Balaban J connectivity index is 1.51. The minimum absolute atomic E-state index is 0.0967. The summed E-state index contributed by atoms with van der Waals surface area (Å²) in [6, 6.07) is 21.8. The van der Waals surface area contributed by atoms with Crippen LogP contribution in [0.4, 0.5) is 0 Å². The first-order chi connectivity index (χ1) is 22.1. The van der Waals surface area contributed by atoms with Gasteiger partial charge < -0.3 is 24.4 Å². The summed E-state index contributed by atoms with van der Waals surface area (Å²) < 4.78 is 44.1. The Labute approximate surface area is 276 Å². The van der Waals surface area contributed by atoms with Crippen molar-refractivity contribution in [1.29, 1.82) is 0 Å². The number of rotatable bonds is 16. The lowest BCUT2D eigenvalue weighted by molar-refractivity contribution is -0.142. The fourth-order valence-corrected chi connectivity index (χ4v) is 6.47. The van der Waals surface area contributed by atoms with E-state index in [1.165, 1.54) is 33.5 Å². The van der Waals surface area contributed by atoms with Gasteiger partial charge in [0.1, 0.15) is 11.8 Å². The van der Waals surface area contributed by atoms with Crippen molar-refractivity contribution >= 4 is 33.4 Å². The number of morpholine rings is 1. The largest absolute Gasteiger partial charge is 0.484 e. The highest BCUT2D eigenvalue weighted by molar-refractivity contribution is 7.89. The van der Waals surface area contributed by atoms with Crippen LogP contribution in [0.2, 0.25) is 5.02 Å². The normalized spacial score (nSPS) is 14.5. The van der Waals surface area contributed by atoms with Gasteiger partial charge in [-0.1, -0.05) is 54.1 Å². The van der Waals surface area contributed by atoms with Gasteiger partial charge >= 0.3 is 0 Å². The summed E-state index contributed by atoms with van der Waals surface area (Å²) >= 11 is 6.11. The number of ether oxygens (including phenoxy) is 3. The van der Waals surface area contributed by atoms with Crippen molar-refractivity contribution in [3.05, 3.63) is 95.0 Å². The molecule has 1 atom stereocenters. The molecule has 46 heavy (non-hydrogen) atoms. The van der Waals surface area contributed by atoms with Crippen LogP contribution in [0.1, 0.15) is 31.4 Å². The summed E-state index contributed by atoms with van der Waals surface area (Å²) in [5.74, 6) is -0.359. The molecule has 248 valence electrons. The smallest absolute Gasteiger partial charge is 0.261 e. The number of hydrogen-bond acceptors (Lipinski definition) is 7. The number of carbonyl (C=O) groups excluding carboxylic acids is 2. The third-order valence-electron chi connectivity index (χ3n) is 7.40. The van der Waals surface area contributed by atoms with Gasteiger partial charge in [-0.3, -0.25) is 9.59 Å². The first-order valence-electron chi connectivity index (χ1n) is 15.4. The molecule has 2 amide bonds. The molecule has 1 unspecified atom stereocenters. The van der Waals surface area contributed by atoms with Crippen LogP contribution in [-0.2, 0) is 42.1 Å². The number of halogens is 1. The number of carbonyl (C=O) groups is 2. The van der Waals surface area contributed by atoms with Gasteiger partial charge in [0, 0.05) is 44.2 Å². The molecule has 10 nitrogen and oxygen atoms in total. The second-order valence-corrected chi connectivity index (χ2v) is 13.6. The molecule has 0 radical (unpaired) electrons. The molecule has 0 bridgehead atoms. The molecule has 1 fully saturated rings. The summed E-state index contributed by atoms with van der Waals surface area (Å²) in [6.07, 6.45) is 1.02. The van der Waals surface area contributed by atoms with E-state index in [9.17, 15) is 18.0 Å². The fourth-order valence-electron chi connectivity index (χ4n) is 4.93. The van der Waals surface area contributed by atoms with Gasteiger partial charge in [0.15, 0.2) is 6.61 Å². The minimum Gasteiger partial charge on any atom is -0.484 e. The van der Waals surface area contributed by atoms with E-state index in [4.69, 9.17) is 25.8 Å². The highest BCUT2D eigenvalue weighted by Crippen LogP contribution is 2.22. The molecule has 0 saturated carbocycles. The van der Waals surface area contributed by atoms with E-state index >= 15 is 0 Å². The second-order valence-electron chi connectivity index (χ2n) is 11.2. The topological polar surface area (TPSA) is 114 Å².